The van der Waals surface area contributed by atoms with E-state index in [1.165, 1.54) is 5.56 Å². The zero-order valence-corrected chi connectivity index (χ0v) is 11.0. The van der Waals surface area contributed by atoms with Crippen molar-refractivity contribution in [2.45, 2.75) is 45.4 Å². The van der Waals surface area contributed by atoms with Crippen LogP contribution in [0, 0.1) is 11.3 Å². The van der Waals surface area contributed by atoms with E-state index in [1.54, 1.807) is 0 Å². The van der Waals surface area contributed by atoms with Crippen LogP contribution in [0.25, 0.3) is 0 Å². The summed E-state index contributed by atoms with van der Waals surface area (Å²) < 4.78 is 5.56. The van der Waals surface area contributed by atoms with E-state index in [1.807, 2.05) is 12.1 Å². The predicted molar refractivity (Wildman–Crippen MR) is 70.1 cm³/mol. The van der Waals surface area contributed by atoms with Gasteiger partial charge in [-0.05, 0) is 36.0 Å². The van der Waals surface area contributed by atoms with Gasteiger partial charge in [-0.2, -0.15) is 5.26 Å². The van der Waals surface area contributed by atoms with Crippen LogP contribution in [0.5, 0.6) is 5.75 Å². The number of hydrogen-bond acceptors (Lipinski definition) is 2. The maximum atomic E-state index is 8.41. The van der Waals surface area contributed by atoms with Crippen LogP contribution < -0.4 is 4.74 Å². The van der Waals surface area contributed by atoms with Gasteiger partial charge >= 0.3 is 0 Å². The molecule has 1 aromatic carbocycles. The fourth-order valence-corrected chi connectivity index (χ4v) is 1.55. The molecule has 0 spiro atoms. The predicted octanol–water partition coefficient (Wildman–Crippen LogP) is 4.06. The average Bonchev–Trinajstić information content (AvgIpc) is 2.35. The van der Waals surface area contributed by atoms with E-state index < -0.39 is 0 Å². The maximum Gasteiger partial charge on any atom is 0.119 e. The SMILES string of the molecule is CCC(C)(C)c1ccc(OCCCC#N)cc1. The highest BCUT2D eigenvalue weighted by Gasteiger charge is 2.17. The van der Waals surface area contributed by atoms with Crippen LogP contribution in [0.2, 0.25) is 0 Å². The molecular formula is C15H21NO. The minimum atomic E-state index is 0.222. The summed E-state index contributed by atoms with van der Waals surface area (Å²) in [5.41, 5.74) is 1.56. The van der Waals surface area contributed by atoms with Crippen LogP contribution in [0.1, 0.15) is 45.6 Å². The third-order valence-corrected chi connectivity index (χ3v) is 3.22. The molecule has 17 heavy (non-hydrogen) atoms. The highest BCUT2D eigenvalue weighted by Crippen LogP contribution is 2.27. The number of nitrogens with zero attached hydrogens (tertiary/aromatic N) is 1. The molecule has 1 aromatic rings. The summed E-state index contributed by atoms with van der Waals surface area (Å²) in [5.74, 6) is 0.888. The zero-order chi connectivity index (χ0) is 12.7. The number of hydrogen-bond donors (Lipinski definition) is 0. The highest BCUT2D eigenvalue weighted by atomic mass is 16.5. The quantitative estimate of drug-likeness (QED) is 0.692. The molecule has 0 amide bonds. The molecule has 0 aromatic heterocycles. The first kappa shape index (κ1) is 13.6. The first-order chi connectivity index (χ1) is 8.10. The lowest BCUT2D eigenvalue weighted by atomic mass is 9.82. The Morgan fingerprint density at radius 1 is 1.24 bits per heavy atom. The lowest BCUT2D eigenvalue weighted by molar-refractivity contribution is 0.312. The molecule has 0 saturated heterocycles. The highest BCUT2D eigenvalue weighted by molar-refractivity contribution is 5.31. The van der Waals surface area contributed by atoms with Crippen molar-refractivity contribution in [3.05, 3.63) is 29.8 Å². The van der Waals surface area contributed by atoms with Gasteiger partial charge in [-0.3, -0.25) is 0 Å². The van der Waals surface area contributed by atoms with Crippen LogP contribution in [-0.4, -0.2) is 6.61 Å². The van der Waals surface area contributed by atoms with Gasteiger partial charge in [-0.15, -0.1) is 0 Å². The summed E-state index contributed by atoms with van der Waals surface area (Å²) in [6.45, 7) is 7.31. The van der Waals surface area contributed by atoms with Crippen LogP contribution in [-0.2, 0) is 5.41 Å². The van der Waals surface area contributed by atoms with Gasteiger partial charge < -0.3 is 4.74 Å². The number of ether oxygens (including phenoxy) is 1. The number of rotatable bonds is 6. The lowest BCUT2D eigenvalue weighted by Gasteiger charge is -2.23. The van der Waals surface area contributed by atoms with Gasteiger partial charge in [-0.1, -0.05) is 32.9 Å². The van der Waals surface area contributed by atoms with Crippen molar-refractivity contribution in [2.75, 3.05) is 6.61 Å². The molecule has 0 aliphatic carbocycles. The molecule has 0 heterocycles. The third-order valence-electron chi connectivity index (χ3n) is 3.22. The maximum absolute atomic E-state index is 8.41. The molecule has 0 bridgehead atoms. The van der Waals surface area contributed by atoms with E-state index in [9.17, 15) is 0 Å². The van der Waals surface area contributed by atoms with Crippen LogP contribution in [0.15, 0.2) is 24.3 Å². The Morgan fingerprint density at radius 2 is 1.88 bits per heavy atom. The molecule has 0 radical (unpaired) electrons. The fraction of sp³-hybridized carbons (Fsp3) is 0.533. The summed E-state index contributed by atoms with van der Waals surface area (Å²) in [6, 6.07) is 10.4. The van der Waals surface area contributed by atoms with Gasteiger partial charge in [0.1, 0.15) is 5.75 Å². The second-order valence-corrected chi connectivity index (χ2v) is 4.87. The second kappa shape index (κ2) is 6.30. The molecular weight excluding hydrogens is 210 g/mol. The van der Waals surface area contributed by atoms with Crippen molar-refractivity contribution in [1.82, 2.24) is 0 Å². The Hall–Kier alpha value is -1.49. The molecule has 0 aliphatic rings. The second-order valence-electron chi connectivity index (χ2n) is 4.87. The van der Waals surface area contributed by atoms with Crippen LogP contribution in [0.4, 0.5) is 0 Å². The van der Waals surface area contributed by atoms with Gasteiger partial charge in [-0.25, -0.2) is 0 Å². The smallest absolute Gasteiger partial charge is 0.119 e. The van der Waals surface area contributed by atoms with E-state index in [-0.39, 0.29) is 5.41 Å². The zero-order valence-electron chi connectivity index (χ0n) is 11.0. The number of benzene rings is 1. The molecule has 2 nitrogen and oxygen atoms in total. The molecule has 0 atom stereocenters. The van der Waals surface area contributed by atoms with Crippen LogP contribution >= 0.6 is 0 Å². The summed E-state index contributed by atoms with van der Waals surface area (Å²) in [6.07, 6.45) is 2.47. The average molecular weight is 231 g/mol. The Bertz CT molecular complexity index is 373. The first-order valence-corrected chi connectivity index (χ1v) is 6.20. The number of nitriles is 1. The molecule has 92 valence electrons. The van der Waals surface area contributed by atoms with Crippen LogP contribution in [0.3, 0.4) is 0 Å². The van der Waals surface area contributed by atoms with E-state index in [0.717, 1.165) is 18.6 Å². The van der Waals surface area contributed by atoms with E-state index in [4.69, 9.17) is 10.00 Å². The standard InChI is InChI=1S/C15H21NO/c1-4-15(2,3)13-7-9-14(10-8-13)17-12-6-5-11-16/h7-10H,4-6,12H2,1-3H3. The van der Waals surface area contributed by atoms with Gasteiger partial charge in [0.2, 0.25) is 0 Å². The molecule has 0 unspecified atom stereocenters. The molecule has 1 rings (SSSR count). The Morgan fingerprint density at radius 3 is 2.41 bits per heavy atom. The topological polar surface area (TPSA) is 33.0 Å². The van der Waals surface area contributed by atoms with Gasteiger partial charge in [0.05, 0.1) is 12.7 Å². The summed E-state index contributed by atoms with van der Waals surface area (Å²) in [7, 11) is 0. The Labute approximate surface area is 104 Å². The molecule has 0 fully saturated rings. The number of unbranched alkanes of at least 4 members (excludes halogenated alkanes) is 1. The van der Waals surface area contributed by atoms with Crippen molar-refractivity contribution in [3.63, 3.8) is 0 Å². The summed E-state index contributed by atoms with van der Waals surface area (Å²) in [4.78, 5) is 0. The van der Waals surface area contributed by atoms with Gasteiger partial charge in [0.15, 0.2) is 0 Å². The van der Waals surface area contributed by atoms with Crippen molar-refractivity contribution in [1.29, 1.82) is 5.26 Å². The molecule has 0 aliphatic heterocycles. The van der Waals surface area contributed by atoms with Crippen molar-refractivity contribution < 1.29 is 4.74 Å². The monoisotopic (exact) mass is 231 g/mol. The van der Waals surface area contributed by atoms with E-state index in [2.05, 4.69) is 39.0 Å². The molecule has 0 N–H and O–H groups in total. The van der Waals surface area contributed by atoms with Gasteiger partial charge in [0, 0.05) is 6.42 Å². The first-order valence-electron chi connectivity index (χ1n) is 6.20. The van der Waals surface area contributed by atoms with Crippen molar-refractivity contribution >= 4 is 0 Å². The largest absolute Gasteiger partial charge is 0.494 e. The lowest BCUT2D eigenvalue weighted by Crippen LogP contribution is -2.15. The summed E-state index contributed by atoms with van der Waals surface area (Å²) in [5, 5.41) is 8.41. The minimum Gasteiger partial charge on any atom is -0.494 e. The Balaban J connectivity index is 2.54. The van der Waals surface area contributed by atoms with E-state index >= 15 is 0 Å². The minimum absolute atomic E-state index is 0.222. The molecule has 2 heteroatoms. The fourth-order valence-electron chi connectivity index (χ4n) is 1.55. The van der Waals surface area contributed by atoms with E-state index in [0.29, 0.717) is 13.0 Å². The normalized spacial score (nSPS) is 10.9. The molecule has 0 saturated carbocycles. The summed E-state index contributed by atoms with van der Waals surface area (Å²) >= 11 is 0. The third kappa shape index (κ3) is 4.11. The Kier molecular flexibility index (Phi) is 5.03. The van der Waals surface area contributed by atoms with Gasteiger partial charge in [0.25, 0.3) is 0 Å². The van der Waals surface area contributed by atoms with Crippen molar-refractivity contribution in [3.8, 4) is 11.8 Å². The van der Waals surface area contributed by atoms with Crippen molar-refractivity contribution in [2.24, 2.45) is 0 Å².